The molecule has 31 heavy (non-hydrogen) atoms. The van der Waals surface area contributed by atoms with Gasteiger partial charge in [-0.15, -0.1) is 0 Å². The first kappa shape index (κ1) is 21.1. The van der Waals surface area contributed by atoms with Gasteiger partial charge in [-0.2, -0.15) is 5.10 Å². The number of halogens is 1. The highest BCUT2D eigenvalue weighted by Gasteiger charge is 2.16. The van der Waals surface area contributed by atoms with Crippen molar-refractivity contribution < 1.29 is 4.79 Å². The Morgan fingerprint density at radius 1 is 1.23 bits per heavy atom. The van der Waals surface area contributed by atoms with Crippen molar-refractivity contribution in [1.29, 1.82) is 0 Å². The summed E-state index contributed by atoms with van der Waals surface area (Å²) in [6.07, 6.45) is 1.44. The molecule has 0 aliphatic heterocycles. The van der Waals surface area contributed by atoms with Crippen LogP contribution in [0.5, 0.6) is 0 Å². The van der Waals surface area contributed by atoms with Crippen molar-refractivity contribution in [2.75, 3.05) is 11.1 Å². The number of hydrogen-bond acceptors (Lipinski definition) is 5. The van der Waals surface area contributed by atoms with Crippen molar-refractivity contribution in [3.63, 3.8) is 0 Å². The second-order valence-electron chi connectivity index (χ2n) is 7.26. The Kier molecular flexibility index (Phi) is 6.11. The lowest BCUT2D eigenvalue weighted by atomic mass is 10.0. The number of anilines is 1. The second kappa shape index (κ2) is 8.95. The number of aromatic amines is 1. The Morgan fingerprint density at radius 3 is 2.71 bits per heavy atom. The molecule has 9 heteroatoms. The van der Waals surface area contributed by atoms with Gasteiger partial charge in [0.05, 0.1) is 17.6 Å². The van der Waals surface area contributed by atoms with Gasteiger partial charge < -0.3 is 5.32 Å². The number of nitrogens with one attached hydrogen (secondary N) is 2. The Labute approximate surface area is 187 Å². The topological polar surface area (TPSA) is 92.7 Å². The quantitative estimate of drug-likeness (QED) is 0.328. The zero-order valence-electron chi connectivity index (χ0n) is 16.9. The van der Waals surface area contributed by atoms with Crippen LogP contribution in [0.25, 0.3) is 16.7 Å². The Morgan fingerprint density at radius 2 is 2.00 bits per heavy atom. The molecule has 1 amide bonds. The SMILES string of the molecule is CC(C)c1ccc(NC(=O)CSc2nc3[nH]ncc3c(=O)n2-c2cccc(Cl)c2)cc1. The van der Waals surface area contributed by atoms with E-state index in [1.165, 1.54) is 16.3 Å². The Hall–Kier alpha value is -3.10. The van der Waals surface area contributed by atoms with Crippen LogP contribution < -0.4 is 10.9 Å². The number of amides is 1. The average Bonchev–Trinajstić information content (AvgIpc) is 3.22. The number of fused-ring (bicyclic) bond motifs is 1. The van der Waals surface area contributed by atoms with E-state index >= 15 is 0 Å². The minimum Gasteiger partial charge on any atom is -0.325 e. The van der Waals surface area contributed by atoms with E-state index in [0.29, 0.717) is 32.8 Å². The molecule has 0 fully saturated rings. The van der Waals surface area contributed by atoms with E-state index in [9.17, 15) is 9.59 Å². The number of carbonyl (C=O) groups is 1. The van der Waals surface area contributed by atoms with Crippen LogP contribution in [0.15, 0.2) is 64.7 Å². The molecular weight excluding hydrogens is 434 g/mol. The van der Waals surface area contributed by atoms with Crippen LogP contribution >= 0.6 is 23.4 Å². The molecule has 2 aromatic carbocycles. The molecule has 0 bridgehead atoms. The fraction of sp³-hybridized carbons (Fsp3) is 0.182. The van der Waals surface area contributed by atoms with Gasteiger partial charge in [0, 0.05) is 10.7 Å². The maximum atomic E-state index is 13.1. The highest BCUT2D eigenvalue weighted by atomic mass is 35.5. The van der Waals surface area contributed by atoms with Crippen LogP contribution in [0.4, 0.5) is 5.69 Å². The van der Waals surface area contributed by atoms with Gasteiger partial charge in [0.1, 0.15) is 5.39 Å². The second-order valence-corrected chi connectivity index (χ2v) is 8.64. The molecule has 0 saturated heterocycles. The summed E-state index contributed by atoms with van der Waals surface area (Å²) in [5.74, 6) is 0.310. The Bertz CT molecular complexity index is 1300. The largest absolute Gasteiger partial charge is 0.325 e. The molecule has 0 atom stereocenters. The van der Waals surface area contributed by atoms with Crippen LogP contribution in [0.1, 0.15) is 25.3 Å². The maximum Gasteiger partial charge on any atom is 0.269 e. The monoisotopic (exact) mass is 453 g/mol. The van der Waals surface area contributed by atoms with E-state index in [2.05, 4.69) is 34.3 Å². The third-order valence-corrected chi connectivity index (χ3v) is 5.89. The third-order valence-electron chi connectivity index (χ3n) is 4.71. The molecule has 2 aromatic heterocycles. The molecule has 2 heterocycles. The summed E-state index contributed by atoms with van der Waals surface area (Å²) >= 11 is 7.28. The first-order valence-corrected chi connectivity index (χ1v) is 11.0. The van der Waals surface area contributed by atoms with Gasteiger partial charge in [-0.05, 0) is 41.8 Å². The maximum absolute atomic E-state index is 13.1. The zero-order valence-corrected chi connectivity index (χ0v) is 18.5. The fourth-order valence-electron chi connectivity index (χ4n) is 3.09. The number of carbonyl (C=O) groups excluding carboxylic acids is 1. The normalized spacial score (nSPS) is 11.2. The minimum atomic E-state index is -0.284. The molecule has 4 rings (SSSR count). The van der Waals surface area contributed by atoms with Crippen molar-refractivity contribution in [2.24, 2.45) is 0 Å². The number of aromatic nitrogens is 4. The van der Waals surface area contributed by atoms with Gasteiger partial charge in [0.2, 0.25) is 5.91 Å². The average molecular weight is 454 g/mol. The van der Waals surface area contributed by atoms with Crippen molar-refractivity contribution in [1.82, 2.24) is 19.7 Å². The summed E-state index contributed by atoms with van der Waals surface area (Å²) in [6.45, 7) is 4.24. The number of thioether (sulfide) groups is 1. The van der Waals surface area contributed by atoms with E-state index in [1.807, 2.05) is 24.3 Å². The van der Waals surface area contributed by atoms with E-state index in [1.54, 1.807) is 24.3 Å². The van der Waals surface area contributed by atoms with Gasteiger partial charge in [-0.1, -0.05) is 55.4 Å². The first-order chi connectivity index (χ1) is 14.9. The molecule has 0 saturated carbocycles. The van der Waals surface area contributed by atoms with E-state index in [4.69, 9.17) is 11.6 Å². The minimum absolute atomic E-state index is 0.0819. The van der Waals surface area contributed by atoms with E-state index in [-0.39, 0.29) is 17.2 Å². The number of rotatable bonds is 6. The lowest BCUT2D eigenvalue weighted by molar-refractivity contribution is -0.113. The Balaban J connectivity index is 1.58. The molecule has 0 unspecified atom stereocenters. The summed E-state index contributed by atoms with van der Waals surface area (Å²) in [7, 11) is 0. The van der Waals surface area contributed by atoms with E-state index in [0.717, 1.165) is 17.4 Å². The number of hydrogen-bond donors (Lipinski definition) is 2. The lowest BCUT2D eigenvalue weighted by Crippen LogP contribution is -2.22. The lowest BCUT2D eigenvalue weighted by Gasteiger charge is -2.12. The molecular formula is C22H20ClN5O2S. The van der Waals surface area contributed by atoms with Crippen LogP contribution in [0.3, 0.4) is 0 Å². The van der Waals surface area contributed by atoms with Crippen LogP contribution in [-0.2, 0) is 4.79 Å². The summed E-state index contributed by atoms with van der Waals surface area (Å²) in [4.78, 5) is 30.1. The molecule has 158 valence electrons. The van der Waals surface area contributed by atoms with Crippen molar-refractivity contribution in [3.05, 3.63) is 75.7 Å². The van der Waals surface area contributed by atoms with Crippen LogP contribution in [0.2, 0.25) is 5.02 Å². The summed E-state index contributed by atoms with van der Waals surface area (Å²) in [5, 5.41) is 10.7. The van der Waals surface area contributed by atoms with Gasteiger partial charge in [0.15, 0.2) is 10.8 Å². The van der Waals surface area contributed by atoms with Gasteiger partial charge in [-0.25, -0.2) is 4.98 Å². The highest BCUT2D eigenvalue weighted by molar-refractivity contribution is 7.99. The predicted molar refractivity (Wildman–Crippen MR) is 124 cm³/mol. The smallest absolute Gasteiger partial charge is 0.269 e. The molecule has 2 N–H and O–H groups in total. The van der Waals surface area contributed by atoms with Crippen molar-refractivity contribution in [2.45, 2.75) is 24.9 Å². The van der Waals surface area contributed by atoms with Gasteiger partial charge in [-0.3, -0.25) is 19.3 Å². The number of benzene rings is 2. The number of H-pyrrole nitrogens is 1. The molecule has 0 aliphatic rings. The van der Waals surface area contributed by atoms with Crippen LogP contribution in [-0.4, -0.2) is 31.4 Å². The summed E-state index contributed by atoms with van der Waals surface area (Å²) < 4.78 is 1.44. The first-order valence-electron chi connectivity index (χ1n) is 9.67. The van der Waals surface area contributed by atoms with Crippen molar-refractivity contribution >= 4 is 46.0 Å². The molecule has 0 spiro atoms. The van der Waals surface area contributed by atoms with E-state index < -0.39 is 0 Å². The molecule has 0 radical (unpaired) electrons. The molecule has 4 aromatic rings. The third kappa shape index (κ3) is 4.65. The standard InChI is InChI=1S/C22H20ClN5O2S/c1-13(2)14-6-8-16(9-7-14)25-19(29)12-31-22-26-20-18(11-24-27-20)21(30)28(22)17-5-3-4-15(23)10-17/h3-11,13H,12H2,1-2H3,(H,24,27)(H,25,29). The fourth-order valence-corrected chi connectivity index (χ4v) is 4.08. The molecule has 0 aliphatic carbocycles. The summed E-state index contributed by atoms with van der Waals surface area (Å²) in [5.41, 5.74) is 2.58. The van der Waals surface area contributed by atoms with Crippen molar-refractivity contribution in [3.8, 4) is 5.69 Å². The van der Waals surface area contributed by atoms with Gasteiger partial charge >= 0.3 is 0 Å². The van der Waals surface area contributed by atoms with Crippen LogP contribution in [0, 0.1) is 0 Å². The zero-order chi connectivity index (χ0) is 22.0. The molecule has 7 nitrogen and oxygen atoms in total. The highest BCUT2D eigenvalue weighted by Crippen LogP contribution is 2.23. The predicted octanol–water partition coefficient (Wildman–Crippen LogP) is 4.62. The van der Waals surface area contributed by atoms with Gasteiger partial charge in [0.25, 0.3) is 5.56 Å². The summed E-state index contributed by atoms with van der Waals surface area (Å²) in [6, 6.07) is 14.7. The number of nitrogens with zero attached hydrogens (tertiary/aromatic N) is 3.